The zero-order valence-corrected chi connectivity index (χ0v) is 23.2. The largest absolute Gasteiger partial charge is 0.433 e. The van der Waals surface area contributed by atoms with Crippen LogP contribution in [-0.2, 0) is 15.8 Å². The molecule has 3 aromatic heterocycles. The number of nitrogens with two attached hydrogens (primary N) is 1. The predicted octanol–water partition coefficient (Wildman–Crippen LogP) is 3.14. The number of carbonyl (C=O) groups is 3. The Labute approximate surface area is 246 Å². The molecular formula is C26H25ClF3N9O4. The van der Waals surface area contributed by atoms with Gasteiger partial charge in [-0.15, -0.1) is 0 Å². The third kappa shape index (κ3) is 5.96. The molecule has 0 aliphatic carbocycles. The molecule has 1 fully saturated rings. The normalized spacial score (nSPS) is 14.9. The number of halogens is 4. The van der Waals surface area contributed by atoms with Gasteiger partial charge in [0.05, 0.1) is 39.9 Å². The van der Waals surface area contributed by atoms with Crippen molar-refractivity contribution in [2.24, 2.45) is 5.73 Å². The van der Waals surface area contributed by atoms with Crippen LogP contribution in [0.25, 0.3) is 16.9 Å². The van der Waals surface area contributed by atoms with E-state index < -0.39 is 23.8 Å². The Balaban J connectivity index is 1.40. The number of aromatic nitrogens is 5. The number of rotatable bonds is 8. The molecule has 1 atom stereocenters. The van der Waals surface area contributed by atoms with Gasteiger partial charge in [-0.05, 0) is 31.9 Å². The summed E-state index contributed by atoms with van der Waals surface area (Å²) in [6.07, 6.45) is 1.66. The number of hydrogen-bond acceptors (Lipinski definition) is 9. The summed E-state index contributed by atoms with van der Waals surface area (Å²) in [4.78, 5) is 47.3. The highest BCUT2D eigenvalue weighted by atomic mass is 35.5. The maximum atomic E-state index is 13.5. The zero-order valence-electron chi connectivity index (χ0n) is 22.5. The molecular weight excluding hydrogens is 595 g/mol. The predicted molar refractivity (Wildman–Crippen MR) is 148 cm³/mol. The molecule has 5 rings (SSSR count). The molecule has 1 saturated heterocycles. The number of piperidine rings is 1. The Kier molecular flexibility index (Phi) is 8.23. The Hall–Kier alpha value is -4.70. The van der Waals surface area contributed by atoms with Crippen molar-refractivity contribution >= 4 is 47.0 Å². The molecule has 1 aliphatic heterocycles. The number of H-pyrrole nitrogens is 1. The van der Waals surface area contributed by atoms with E-state index in [0.717, 1.165) is 6.20 Å². The minimum atomic E-state index is -4.68. The van der Waals surface area contributed by atoms with E-state index in [4.69, 9.17) is 22.1 Å². The summed E-state index contributed by atoms with van der Waals surface area (Å²) in [6.45, 7) is 2.64. The summed E-state index contributed by atoms with van der Waals surface area (Å²) in [5.41, 5.74) is 4.89. The molecule has 4 aromatic rings. The molecule has 226 valence electrons. The van der Waals surface area contributed by atoms with Crippen molar-refractivity contribution in [3.63, 3.8) is 0 Å². The van der Waals surface area contributed by atoms with E-state index >= 15 is 0 Å². The molecule has 2 amide bonds. The average molecular weight is 620 g/mol. The highest BCUT2D eigenvalue weighted by Gasteiger charge is 2.37. The lowest BCUT2D eigenvalue weighted by Gasteiger charge is -2.32. The second-order valence-corrected chi connectivity index (χ2v) is 10.1. The fourth-order valence-electron chi connectivity index (χ4n) is 4.75. The first-order valence-corrected chi connectivity index (χ1v) is 13.4. The Morgan fingerprint density at radius 2 is 1.98 bits per heavy atom. The first-order chi connectivity index (χ1) is 20.5. The van der Waals surface area contributed by atoms with Gasteiger partial charge in [0.15, 0.2) is 17.2 Å². The summed E-state index contributed by atoms with van der Waals surface area (Å²) in [5.74, 6) is -1.09. The van der Waals surface area contributed by atoms with Gasteiger partial charge in [-0.1, -0.05) is 11.6 Å². The Morgan fingerprint density at radius 1 is 1.23 bits per heavy atom. The number of fused-ring (bicyclic) bond motifs is 1. The van der Waals surface area contributed by atoms with E-state index in [1.807, 2.05) is 5.10 Å². The zero-order chi connectivity index (χ0) is 30.9. The van der Waals surface area contributed by atoms with Crippen LogP contribution in [-0.4, -0.2) is 72.9 Å². The van der Waals surface area contributed by atoms with Gasteiger partial charge in [-0.2, -0.15) is 18.3 Å². The topological polar surface area (TPSA) is 173 Å². The minimum absolute atomic E-state index is 0.0347. The smallest absolute Gasteiger partial charge is 0.425 e. The molecule has 1 aliphatic rings. The second kappa shape index (κ2) is 11.9. The fourth-order valence-corrected chi connectivity index (χ4v) is 5.05. The van der Waals surface area contributed by atoms with E-state index in [1.165, 1.54) is 35.1 Å². The summed E-state index contributed by atoms with van der Waals surface area (Å²) < 4.78 is 46.8. The van der Waals surface area contributed by atoms with Crippen molar-refractivity contribution in [1.82, 2.24) is 34.8 Å². The Bertz CT molecular complexity index is 1680. The van der Waals surface area contributed by atoms with Crippen LogP contribution in [0.5, 0.6) is 5.75 Å². The van der Waals surface area contributed by atoms with E-state index in [9.17, 15) is 27.6 Å². The van der Waals surface area contributed by atoms with Crippen LogP contribution in [0, 0.1) is 0 Å². The van der Waals surface area contributed by atoms with Crippen LogP contribution in [0.2, 0.25) is 5.02 Å². The molecule has 0 spiro atoms. The van der Waals surface area contributed by atoms with Gasteiger partial charge >= 0.3 is 6.18 Å². The Morgan fingerprint density at radius 3 is 2.67 bits per heavy atom. The average Bonchev–Trinajstić information content (AvgIpc) is 3.63. The number of anilines is 2. The number of carbonyl (C=O) groups excluding carboxylic acids is 3. The van der Waals surface area contributed by atoms with Gasteiger partial charge in [0, 0.05) is 31.5 Å². The van der Waals surface area contributed by atoms with Crippen molar-refractivity contribution < 1.29 is 32.3 Å². The number of alkyl halides is 3. The quantitative estimate of drug-likeness (QED) is 0.216. The molecule has 0 unspecified atom stereocenters. The number of nitrogens with one attached hydrogen (secondary N) is 3. The van der Waals surface area contributed by atoms with Gasteiger partial charge in [0.25, 0.3) is 12.4 Å². The van der Waals surface area contributed by atoms with Crippen LogP contribution >= 0.6 is 11.6 Å². The lowest BCUT2D eigenvalue weighted by Crippen LogP contribution is -2.50. The van der Waals surface area contributed by atoms with Gasteiger partial charge in [-0.3, -0.25) is 23.9 Å². The third-order valence-electron chi connectivity index (χ3n) is 6.96. The van der Waals surface area contributed by atoms with Crippen LogP contribution in [0.15, 0.2) is 36.9 Å². The maximum absolute atomic E-state index is 13.5. The number of amides is 2. The van der Waals surface area contributed by atoms with Crippen molar-refractivity contribution in [3.05, 3.63) is 53.2 Å². The summed E-state index contributed by atoms with van der Waals surface area (Å²) in [7, 11) is 0. The molecule has 0 bridgehead atoms. The van der Waals surface area contributed by atoms with Crippen molar-refractivity contribution in [2.45, 2.75) is 38.0 Å². The lowest BCUT2D eigenvalue weighted by molar-refractivity contribution is -0.140. The van der Waals surface area contributed by atoms with Gasteiger partial charge in [-0.25, -0.2) is 9.97 Å². The number of likely N-dealkylation sites (tertiary alicyclic amines) is 1. The standard InChI is InChI=1S/C26H25ClF3N9O4/c1-13(25(42)38-7-4-14(31)5-8-38)35-24(41)15-2-3-17(20(19(15)27)43-12-40)36-22-23-33-11-18(39(23)9-6-32-22)16-10-34-37-21(16)26(28,29)30/h2-3,6,9-14H,4-5,7-8,31H2,1H3,(H,32,36)(H,34,37)(H,35,41)/t13-/m1/s1. The number of ether oxygens (including phenoxy) is 1. The summed E-state index contributed by atoms with van der Waals surface area (Å²) >= 11 is 6.48. The van der Waals surface area contributed by atoms with Gasteiger partial charge in [0.1, 0.15) is 11.7 Å². The highest BCUT2D eigenvalue weighted by molar-refractivity contribution is 6.36. The van der Waals surface area contributed by atoms with E-state index in [-0.39, 0.29) is 63.2 Å². The first-order valence-electron chi connectivity index (χ1n) is 13.0. The van der Waals surface area contributed by atoms with Crippen molar-refractivity contribution in [2.75, 3.05) is 18.4 Å². The lowest BCUT2D eigenvalue weighted by atomic mass is 10.1. The van der Waals surface area contributed by atoms with Crippen LogP contribution in [0.3, 0.4) is 0 Å². The third-order valence-corrected chi connectivity index (χ3v) is 7.33. The SMILES string of the molecule is C[C@@H](NC(=O)c1ccc(Nc2nccn3c(-c4cn[nH]c4C(F)(F)F)cnc23)c(OC=O)c1Cl)C(=O)N1CCC(N)CC1. The maximum Gasteiger partial charge on any atom is 0.433 e. The number of hydrogen-bond donors (Lipinski definition) is 4. The van der Waals surface area contributed by atoms with E-state index in [0.29, 0.717) is 25.9 Å². The molecule has 43 heavy (non-hydrogen) atoms. The summed E-state index contributed by atoms with van der Waals surface area (Å²) in [5, 5.41) is 10.8. The molecule has 5 N–H and O–H groups in total. The molecule has 17 heteroatoms. The van der Waals surface area contributed by atoms with Crippen molar-refractivity contribution in [3.8, 4) is 17.0 Å². The van der Waals surface area contributed by atoms with Gasteiger partial charge < -0.3 is 26.0 Å². The number of benzene rings is 1. The van der Waals surface area contributed by atoms with Crippen molar-refractivity contribution in [1.29, 1.82) is 0 Å². The molecule has 0 saturated carbocycles. The van der Waals surface area contributed by atoms with Crippen LogP contribution in [0.1, 0.15) is 35.8 Å². The van der Waals surface area contributed by atoms with Crippen LogP contribution < -0.4 is 21.1 Å². The van der Waals surface area contributed by atoms with E-state index in [2.05, 4.69) is 25.7 Å². The second-order valence-electron chi connectivity index (χ2n) is 9.77. The monoisotopic (exact) mass is 619 g/mol. The van der Waals surface area contributed by atoms with Gasteiger partial charge in [0.2, 0.25) is 5.91 Å². The molecule has 4 heterocycles. The minimum Gasteiger partial charge on any atom is -0.425 e. The molecule has 13 nitrogen and oxygen atoms in total. The first kappa shape index (κ1) is 29.8. The number of imidazole rings is 1. The van der Waals surface area contributed by atoms with E-state index in [1.54, 1.807) is 11.8 Å². The highest BCUT2D eigenvalue weighted by Crippen LogP contribution is 2.39. The fraction of sp³-hybridized carbons (Fsp3) is 0.308. The van der Waals surface area contributed by atoms with Crippen LogP contribution in [0.4, 0.5) is 24.7 Å². The number of nitrogens with zero attached hydrogens (tertiary/aromatic N) is 5. The molecule has 1 aromatic carbocycles. The molecule has 0 radical (unpaired) electrons. The summed E-state index contributed by atoms with van der Waals surface area (Å²) in [6, 6.07) is 1.92. The number of aromatic amines is 1.